The molecule has 0 fully saturated rings. The van der Waals surface area contributed by atoms with Gasteiger partial charge in [-0.25, -0.2) is 0 Å². The number of hydrogen-bond donors (Lipinski definition) is 0. The van der Waals surface area contributed by atoms with Crippen molar-refractivity contribution in [1.29, 1.82) is 0 Å². The van der Waals surface area contributed by atoms with Crippen LogP contribution in [-0.4, -0.2) is 0 Å². The van der Waals surface area contributed by atoms with Gasteiger partial charge in [0.15, 0.2) is 0 Å². The zero-order valence-corrected chi connectivity index (χ0v) is 6.67. The van der Waals surface area contributed by atoms with E-state index in [9.17, 15) is 0 Å². The first-order valence-corrected chi connectivity index (χ1v) is 2.61. The van der Waals surface area contributed by atoms with Crippen molar-refractivity contribution in [3.8, 4) is 0 Å². The molecule has 10 heavy (non-hydrogen) atoms. The molecule has 0 aromatic heterocycles. The maximum atomic E-state index is 3.63. The molecule has 0 N–H and O–H groups in total. The van der Waals surface area contributed by atoms with Gasteiger partial charge in [-0.05, 0) is 5.56 Å². The van der Waals surface area contributed by atoms with Crippen molar-refractivity contribution in [2.75, 3.05) is 0 Å². The molecule has 40 valence electrons. The number of benzene rings is 1. The molecule has 0 unspecified atom stereocenters. The summed E-state index contributed by atoms with van der Waals surface area (Å²) in [5.74, 6) is 0. The molecular weight excluding hydrogens is 110 g/mol. The second kappa shape index (κ2) is 7.26. The predicted octanol–water partition coefficient (Wildman–Crippen LogP) is -3.66. The second-order valence-electron chi connectivity index (χ2n) is 1.61. The molecule has 0 bridgehead atoms. The fraction of sp³-hybridized carbons (Fsp3) is 0. The summed E-state index contributed by atoms with van der Waals surface area (Å²) in [7, 11) is 0. The summed E-state index contributed by atoms with van der Waals surface area (Å²) in [4.78, 5) is 0. The van der Waals surface area contributed by atoms with Gasteiger partial charge in [0.2, 0.25) is 0 Å². The molecule has 2 heteroatoms. The fourth-order valence-corrected chi connectivity index (χ4v) is 0.589. The van der Waals surface area contributed by atoms with Gasteiger partial charge in [0.1, 0.15) is 0 Å². The molecule has 0 saturated heterocycles. The Morgan fingerprint density at radius 3 is 1.80 bits per heavy atom. The molecule has 0 heterocycles. The maximum Gasteiger partial charge on any atom is 1.00 e. The SMILES string of the molecule is C=Cc1ccccc1.[Li+].[Li+]. The molecule has 0 aliphatic heterocycles. The van der Waals surface area contributed by atoms with Crippen molar-refractivity contribution in [3.05, 3.63) is 42.5 Å². The first-order chi connectivity index (χ1) is 3.93. The van der Waals surface area contributed by atoms with E-state index in [1.54, 1.807) is 0 Å². The van der Waals surface area contributed by atoms with E-state index in [4.69, 9.17) is 0 Å². The minimum Gasteiger partial charge on any atom is -0.0985 e. The van der Waals surface area contributed by atoms with E-state index in [0.717, 1.165) is 0 Å². The molecule has 0 spiro atoms. The maximum absolute atomic E-state index is 3.63. The van der Waals surface area contributed by atoms with E-state index < -0.39 is 0 Å². The van der Waals surface area contributed by atoms with Crippen molar-refractivity contribution in [1.82, 2.24) is 0 Å². The third-order valence-corrected chi connectivity index (χ3v) is 1.04. The summed E-state index contributed by atoms with van der Waals surface area (Å²) in [5.41, 5.74) is 1.17. The first-order valence-electron chi connectivity index (χ1n) is 2.61. The average molecular weight is 118 g/mol. The molecule has 1 aromatic rings. The molecule has 0 nitrogen and oxygen atoms in total. The van der Waals surface area contributed by atoms with Gasteiger partial charge in [-0.1, -0.05) is 43.0 Å². The Bertz CT molecular complexity index is 170. The van der Waals surface area contributed by atoms with Crippen LogP contribution in [0.4, 0.5) is 0 Å². The second-order valence-corrected chi connectivity index (χ2v) is 1.61. The van der Waals surface area contributed by atoms with E-state index in [1.807, 2.05) is 36.4 Å². The smallest absolute Gasteiger partial charge is 0.0985 e. The van der Waals surface area contributed by atoms with Crippen LogP contribution in [0.1, 0.15) is 5.56 Å². The van der Waals surface area contributed by atoms with Gasteiger partial charge in [0.25, 0.3) is 0 Å². The predicted molar refractivity (Wildman–Crippen MR) is 36.5 cm³/mol. The van der Waals surface area contributed by atoms with Gasteiger partial charge in [0, 0.05) is 0 Å². The van der Waals surface area contributed by atoms with Gasteiger partial charge in [0.05, 0.1) is 0 Å². The minimum absolute atomic E-state index is 0. The third-order valence-electron chi connectivity index (χ3n) is 1.04. The van der Waals surface area contributed by atoms with E-state index in [2.05, 4.69) is 6.58 Å². The molecule has 0 aliphatic rings. The summed E-state index contributed by atoms with van der Waals surface area (Å²) in [5, 5.41) is 0. The van der Waals surface area contributed by atoms with Crippen molar-refractivity contribution in [2.45, 2.75) is 0 Å². The van der Waals surface area contributed by atoms with Crippen molar-refractivity contribution < 1.29 is 37.7 Å². The van der Waals surface area contributed by atoms with Gasteiger partial charge >= 0.3 is 37.7 Å². The summed E-state index contributed by atoms with van der Waals surface area (Å²) < 4.78 is 0. The van der Waals surface area contributed by atoms with E-state index in [-0.39, 0.29) is 37.7 Å². The van der Waals surface area contributed by atoms with Gasteiger partial charge in [-0.2, -0.15) is 0 Å². The Labute approximate surface area is 86.1 Å². The van der Waals surface area contributed by atoms with Crippen LogP contribution >= 0.6 is 0 Å². The summed E-state index contributed by atoms with van der Waals surface area (Å²) in [6, 6.07) is 10.0. The molecule has 0 aliphatic carbocycles. The molecular formula is C8H8Li2+2. The monoisotopic (exact) mass is 118 g/mol. The fourth-order valence-electron chi connectivity index (χ4n) is 0.589. The van der Waals surface area contributed by atoms with Crippen LogP contribution in [-0.2, 0) is 0 Å². The van der Waals surface area contributed by atoms with Crippen molar-refractivity contribution in [3.63, 3.8) is 0 Å². The standard InChI is InChI=1S/C8H8.2Li/c1-2-8-6-4-3-5-7-8;;/h2-7H,1H2;;/q;2*+1. The van der Waals surface area contributed by atoms with Crippen LogP contribution in [0.5, 0.6) is 0 Å². The molecule has 0 amide bonds. The van der Waals surface area contributed by atoms with Crippen LogP contribution < -0.4 is 37.7 Å². The largest absolute Gasteiger partial charge is 1.00 e. The summed E-state index contributed by atoms with van der Waals surface area (Å²) in [6.07, 6.45) is 1.83. The molecule has 0 radical (unpaired) electrons. The van der Waals surface area contributed by atoms with Gasteiger partial charge in [-0.15, -0.1) is 0 Å². The topological polar surface area (TPSA) is 0 Å². The Balaban J connectivity index is 0. The minimum atomic E-state index is 0. The van der Waals surface area contributed by atoms with E-state index >= 15 is 0 Å². The number of rotatable bonds is 1. The van der Waals surface area contributed by atoms with E-state index in [0.29, 0.717) is 0 Å². The van der Waals surface area contributed by atoms with Crippen LogP contribution in [0.3, 0.4) is 0 Å². The summed E-state index contributed by atoms with van der Waals surface area (Å²) >= 11 is 0. The summed E-state index contributed by atoms with van der Waals surface area (Å²) in [6.45, 7) is 3.63. The van der Waals surface area contributed by atoms with E-state index in [1.165, 1.54) is 5.56 Å². The number of hydrogen-bond acceptors (Lipinski definition) is 0. The third kappa shape index (κ3) is 4.05. The average Bonchev–Trinajstić information content (AvgIpc) is 1.90. The molecule has 1 aromatic carbocycles. The van der Waals surface area contributed by atoms with Crippen molar-refractivity contribution in [2.24, 2.45) is 0 Å². The first kappa shape index (κ1) is 12.8. The Morgan fingerprint density at radius 2 is 1.50 bits per heavy atom. The van der Waals surface area contributed by atoms with Crippen LogP contribution in [0.2, 0.25) is 0 Å². The zero-order chi connectivity index (χ0) is 5.82. The van der Waals surface area contributed by atoms with Gasteiger partial charge in [-0.3, -0.25) is 0 Å². The Hall–Kier alpha value is 0.155. The van der Waals surface area contributed by atoms with Crippen molar-refractivity contribution >= 4 is 6.08 Å². The van der Waals surface area contributed by atoms with Crippen LogP contribution in [0, 0.1) is 0 Å². The Morgan fingerprint density at radius 1 is 1.00 bits per heavy atom. The normalized spacial score (nSPS) is 6.80. The zero-order valence-electron chi connectivity index (χ0n) is 6.67. The molecule has 1 rings (SSSR count). The van der Waals surface area contributed by atoms with Crippen LogP contribution in [0.25, 0.3) is 6.08 Å². The quantitative estimate of drug-likeness (QED) is 0.333. The van der Waals surface area contributed by atoms with Crippen LogP contribution in [0.15, 0.2) is 36.9 Å². The molecule has 0 atom stereocenters. The Kier molecular flexibility index (Phi) is 9.30. The molecule has 0 saturated carbocycles. The van der Waals surface area contributed by atoms with Gasteiger partial charge < -0.3 is 0 Å².